The van der Waals surface area contributed by atoms with Crippen molar-refractivity contribution in [1.29, 1.82) is 0 Å². The molecule has 3 aromatic carbocycles. The molecule has 168 valence electrons. The highest BCUT2D eigenvalue weighted by Gasteiger charge is 2.21. The van der Waals surface area contributed by atoms with Gasteiger partial charge in [0.15, 0.2) is 0 Å². The maximum Gasteiger partial charge on any atom is 0.220 e. The van der Waals surface area contributed by atoms with Gasteiger partial charge in [-0.25, -0.2) is 0 Å². The van der Waals surface area contributed by atoms with Crippen LogP contribution >= 0.6 is 46.4 Å². The molecule has 0 heterocycles. The van der Waals surface area contributed by atoms with Crippen LogP contribution in [0.1, 0.15) is 42.4 Å². The highest BCUT2D eigenvalue weighted by molar-refractivity contribution is 6.34. The molecule has 0 spiro atoms. The fraction of sp³-hybridized carbons (Fsp3) is 0.269. The van der Waals surface area contributed by atoms with E-state index >= 15 is 0 Å². The summed E-state index contributed by atoms with van der Waals surface area (Å²) in [6.07, 6.45) is 2.68. The molecule has 3 aromatic rings. The van der Waals surface area contributed by atoms with Gasteiger partial charge in [-0.3, -0.25) is 4.79 Å². The zero-order valence-electron chi connectivity index (χ0n) is 17.8. The van der Waals surface area contributed by atoms with Crippen molar-refractivity contribution >= 4 is 52.3 Å². The van der Waals surface area contributed by atoms with Gasteiger partial charge in [-0.2, -0.15) is 0 Å². The molecular formula is C26H25Cl4NO. The fourth-order valence-corrected chi connectivity index (χ4v) is 4.63. The van der Waals surface area contributed by atoms with Crippen LogP contribution in [0.2, 0.25) is 20.1 Å². The largest absolute Gasteiger partial charge is 0.353 e. The summed E-state index contributed by atoms with van der Waals surface area (Å²) < 4.78 is 0. The lowest BCUT2D eigenvalue weighted by Crippen LogP contribution is -2.37. The van der Waals surface area contributed by atoms with Crippen molar-refractivity contribution in [2.45, 2.75) is 44.6 Å². The highest BCUT2D eigenvalue weighted by Crippen LogP contribution is 2.27. The average molecular weight is 509 g/mol. The van der Waals surface area contributed by atoms with Gasteiger partial charge < -0.3 is 5.32 Å². The Balaban J connectivity index is 1.62. The minimum absolute atomic E-state index is 0.0284. The van der Waals surface area contributed by atoms with Crippen LogP contribution in [0.4, 0.5) is 0 Å². The van der Waals surface area contributed by atoms with Gasteiger partial charge >= 0.3 is 0 Å². The molecule has 3 rings (SSSR count). The van der Waals surface area contributed by atoms with E-state index in [0.29, 0.717) is 26.5 Å². The molecule has 0 saturated carbocycles. The minimum Gasteiger partial charge on any atom is -0.353 e. The number of halogens is 4. The summed E-state index contributed by atoms with van der Waals surface area (Å²) in [5.41, 5.74) is 3.32. The summed E-state index contributed by atoms with van der Waals surface area (Å²) in [6.45, 7) is 2.05. The van der Waals surface area contributed by atoms with E-state index in [1.54, 1.807) is 6.07 Å². The summed E-state index contributed by atoms with van der Waals surface area (Å²) in [4.78, 5) is 12.7. The quantitative estimate of drug-likeness (QED) is 0.310. The van der Waals surface area contributed by atoms with Gasteiger partial charge in [0.2, 0.25) is 5.91 Å². The predicted octanol–water partition coefficient (Wildman–Crippen LogP) is 8.15. The van der Waals surface area contributed by atoms with E-state index in [0.717, 1.165) is 36.0 Å². The Morgan fingerprint density at radius 3 is 1.94 bits per heavy atom. The van der Waals surface area contributed by atoms with Crippen molar-refractivity contribution in [2.75, 3.05) is 0 Å². The molecule has 32 heavy (non-hydrogen) atoms. The van der Waals surface area contributed by atoms with Crippen LogP contribution in [0.15, 0.2) is 66.7 Å². The summed E-state index contributed by atoms with van der Waals surface area (Å²) >= 11 is 24.2. The molecule has 0 bridgehead atoms. The Morgan fingerprint density at radius 1 is 0.781 bits per heavy atom. The zero-order valence-corrected chi connectivity index (χ0v) is 20.8. The van der Waals surface area contributed by atoms with Crippen molar-refractivity contribution in [3.05, 3.63) is 104 Å². The molecule has 0 aliphatic rings. The maximum absolute atomic E-state index is 12.7. The van der Waals surface area contributed by atoms with Crippen molar-refractivity contribution in [3.8, 4) is 0 Å². The van der Waals surface area contributed by atoms with Crippen LogP contribution in [0.5, 0.6) is 0 Å². The van der Waals surface area contributed by atoms with E-state index in [-0.39, 0.29) is 17.9 Å². The Morgan fingerprint density at radius 2 is 1.34 bits per heavy atom. The van der Waals surface area contributed by atoms with Crippen LogP contribution in [0.3, 0.4) is 0 Å². The smallest absolute Gasteiger partial charge is 0.220 e. The molecule has 0 radical (unpaired) electrons. The second-order valence-electron chi connectivity index (χ2n) is 7.98. The molecule has 2 unspecified atom stereocenters. The van der Waals surface area contributed by atoms with E-state index in [9.17, 15) is 4.79 Å². The first kappa shape index (κ1) is 24.9. The van der Waals surface area contributed by atoms with E-state index < -0.39 is 0 Å². The van der Waals surface area contributed by atoms with Gasteiger partial charge in [0, 0.05) is 38.5 Å². The number of carbonyl (C=O) groups excluding carboxylic acids is 1. The van der Waals surface area contributed by atoms with Crippen LogP contribution in [-0.4, -0.2) is 11.9 Å². The van der Waals surface area contributed by atoms with Crippen LogP contribution in [-0.2, 0) is 17.6 Å². The highest BCUT2D eigenvalue weighted by atomic mass is 35.5. The topological polar surface area (TPSA) is 29.1 Å². The van der Waals surface area contributed by atoms with Crippen molar-refractivity contribution in [3.63, 3.8) is 0 Å². The third-order valence-corrected chi connectivity index (χ3v) is 6.39. The third-order valence-electron chi connectivity index (χ3n) is 5.45. The lowest BCUT2D eigenvalue weighted by molar-refractivity contribution is -0.121. The molecule has 2 atom stereocenters. The fourth-order valence-electron chi connectivity index (χ4n) is 3.80. The monoisotopic (exact) mass is 507 g/mol. The molecule has 1 N–H and O–H groups in total. The number of nitrogens with one attached hydrogen (secondary N) is 1. The summed E-state index contributed by atoms with van der Waals surface area (Å²) in [5, 5.41) is 5.80. The summed E-state index contributed by atoms with van der Waals surface area (Å²) in [7, 11) is 0. The molecule has 0 saturated heterocycles. The second-order valence-corrected chi connectivity index (χ2v) is 9.72. The number of rotatable bonds is 9. The first-order chi connectivity index (χ1) is 15.3. The molecule has 0 fully saturated rings. The van der Waals surface area contributed by atoms with Gasteiger partial charge in [0.1, 0.15) is 0 Å². The van der Waals surface area contributed by atoms with Gasteiger partial charge in [0.25, 0.3) is 0 Å². The van der Waals surface area contributed by atoms with E-state index in [1.165, 1.54) is 0 Å². The number of hydrogen-bond acceptors (Lipinski definition) is 1. The van der Waals surface area contributed by atoms with Crippen LogP contribution in [0, 0.1) is 0 Å². The van der Waals surface area contributed by atoms with Crippen LogP contribution in [0.25, 0.3) is 0 Å². The number of benzene rings is 3. The van der Waals surface area contributed by atoms with E-state index in [2.05, 4.69) is 5.32 Å². The molecule has 2 nitrogen and oxygen atoms in total. The van der Waals surface area contributed by atoms with Crippen LogP contribution < -0.4 is 5.32 Å². The lowest BCUT2D eigenvalue weighted by atomic mass is 9.86. The molecular weight excluding hydrogens is 484 g/mol. The van der Waals surface area contributed by atoms with Crippen molar-refractivity contribution < 1.29 is 4.79 Å². The van der Waals surface area contributed by atoms with Gasteiger partial charge in [-0.15, -0.1) is 0 Å². The SMILES string of the molecule is CC(NC(=O)CCCc1cc(Cl)cc(Cl)c1)C(Cc1ccc(Cl)cc1)c1ccc(Cl)cc1. The Hall–Kier alpha value is -1.71. The number of aryl methyl sites for hydroxylation is 1. The zero-order chi connectivity index (χ0) is 23.1. The second kappa shape index (κ2) is 12.0. The lowest BCUT2D eigenvalue weighted by Gasteiger charge is -2.26. The van der Waals surface area contributed by atoms with Gasteiger partial charge in [-0.1, -0.05) is 70.7 Å². The molecule has 1 amide bonds. The summed E-state index contributed by atoms with van der Waals surface area (Å²) in [6, 6.07) is 21.1. The minimum atomic E-state index is -0.0556. The van der Waals surface area contributed by atoms with Crippen molar-refractivity contribution in [2.24, 2.45) is 0 Å². The average Bonchev–Trinajstić information content (AvgIpc) is 2.73. The van der Waals surface area contributed by atoms with E-state index in [4.69, 9.17) is 46.4 Å². The first-order valence-corrected chi connectivity index (χ1v) is 12.1. The van der Waals surface area contributed by atoms with Crippen molar-refractivity contribution in [1.82, 2.24) is 5.32 Å². The molecule has 0 aliphatic heterocycles. The van der Waals surface area contributed by atoms with Gasteiger partial charge in [-0.05, 0) is 85.3 Å². The molecule has 0 aromatic heterocycles. The maximum atomic E-state index is 12.7. The third kappa shape index (κ3) is 7.71. The van der Waals surface area contributed by atoms with E-state index in [1.807, 2.05) is 67.6 Å². The normalized spacial score (nSPS) is 12.9. The predicted molar refractivity (Wildman–Crippen MR) is 136 cm³/mol. The Kier molecular flexibility index (Phi) is 9.31. The molecule has 6 heteroatoms. The Labute approximate surface area is 209 Å². The number of amides is 1. The van der Waals surface area contributed by atoms with Gasteiger partial charge in [0.05, 0.1) is 0 Å². The Bertz CT molecular complexity index is 1010. The first-order valence-electron chi connectivity index (χ1n) is 10.5. The standard InChI is InChI=1S/C26H25Cl4NO/c1-17(31-26(32)4-2-3-19-13-23(29)16-24(30)14-19)25(20-7-11-22(28)12-8-20)15-18-5-9-21(27)10-6-18/h5-14,16-17,25H,2-4,15H2,1H3,(H,31,32). The summed E-state index contributed by atoms with van der Waals surface area (Å²) in [5.74, 6) is 0.129. The number of hydrogen-bond donors (Lipinski definition) is 1. The number of carbonyl (C=O) groups is 1. The molecule has 0 aliphatic carbocycles.